The number of benzene rings is 3. The summed E-state index contributed by atoms with van der Waals surface area (Å²) in [6.45, 7) is -0.858. The molecule has 0 unspecified atom stereocenters. The van der Waals surface area contributed by atoms with Crippen molar-refractivity contribution in [3.05, 3.63) is 101 Å². The summed E-state index contributed by atoms with van der Waals surface area (Å²) in [6.07, 6.45) is -11.5. The van der Waals surface area contributed by atoms with Crippen molar-refractivity contribution in [3.63, 3.8) is 0 Å². The monoisotopic (exact) mass is 815 g/mol. The van der Waals surface area contributed by atoms with E-state index >= 15 is 0 Å². The van der Waals surface area contributed by atoms with Gasteiger partial charge in [0.15, 0.2) is 9.84 Å². The highest BCUT2D eigenvalue weighted by molar-refractivity contribution is 7.92. The number of sulfonamides is 1. The van der Waals surface area contributed by atoms with Crippen molar-refractivity contribution in [2.75, 3.05) is 32.4 Å². The van der Waals surface area contributed by atoms with E-state index in [1.807, 2.05) is 0 Å². The molecule has 1 N–H and O–H groups in total. The van der Waals surface area contributed by atoms with Crippen LogP contribution in [0.1, 0.15) is 42.9 Å². The summed E-state index contributed by atoms with van der Waals surface area (Å²) in [6, 6.07) is 7.11. The minimum atomic E-state index is -6.26. The number of nitrogens with one attached hydrogen (secondary N) is 1. The Kier molecular flexibility index (Phi) is 10.9. The van der Waals surface area contributed by atoms with Crippen LogP contribution in [-0.4, -0.2) is 83.0 Å². The lowest BCUT2D eigenvalue weighted by Gasteiger charge is -2.40. The van der Waals surface area contributed by atoms with E-state index in [0.29, 0.717) is 36.4 Å². The summed E-state index contributed by atoms with van der Waals surface area (Å²) < 4.78 is 187. The number of urea groups is 1. The van der Waals surface area contributed by atoms with Gasteiger partial charge in [-0.2, -0.15) is 26.3 Å². The molecule has 2 aliphatic heterocycles. The van der Waals surface area contributed by atoms with Gasteiger partial charge in [0.2, 0.25) is 10.0 Å². The number of hydrogen-bond acceptors (Lipinski definition) is 6. The second-order valence-corrected chi connectivity index (χ2v) is 17.6. The molecule has 2 fully saturated rings. The van der Waals surface area contributed by atoms with Gasteiger partial charge in [0.1, 0.15) is 22.2 Å². The van der Waals surface area contributed by atoms with Crippen molar-refractivity contribution >= 4 is 25.9 Å². The molecule has 5 rings (SSSR count). The second-order valence-electron chi connectivity index (χ2n) is 13.6. The van der Waals surface area contributed by atoms with Crippen molar-refractivity contribution in [3.8, 4) is 0 Å². The highest BCUT2D eigenvalue weighted by atomic mass is 32.2. The molecule has 54 heavy (non-hydrogen) atoms. The molecule has 0 saturated carbocycles. The average Bonchev–Trinajstić information content (AvgIpc) is 3.52. The molecule has 296 valence electrons. The largest absolute Gasteiger partial charge is 0.430 e. The maximum absolute atomic E-state index is 14.6. The van der Waals surface area contributed by atoms with Crippen molar-refractivity contribution in [1.29, 1.82) is 0 Å². The van der Waals surface area contributed by atoms with E-state index in [0.717, 1.165) is 41.5 Å². The van der Waals surface area contributed by atoms with E-state index in [9.17, 15) is 61.1 Å². The lowest BCUT2D eigenvalue weighted by atomic mass is 9.88. The van der Waals surface area contributed by atoms with Gasteiger partial charge in [-0.15, -0.1) is 0 Å². The number of nitrogens with zero attached hydrogens (tertiary/aromatic N) is 2. The quantitative estimate of drug-likeness (QED) is 0.194. The number of likely N-dealkylation sites (tertiary alicyclic amines) is 2. The number of hydrogen-bond donors (Lipinski definition) is 1. The van der Waals surface area contributed by atoms with Crippen LogP contribution in [0.2, 0.25) is 0 Å². The minimum Gasteiger partial charge on any atom is -0.349 e. The summed E-state index contributed by atoms with van der Waals surface area (Å²) in [4.78, 5) is 15.8. The summed E-state index contributed by atoms with van der Waals surface area (Å²) >= 11 is 0. The summed E-state index contributed by atoms with van der Waals surface area (Å²) in [7, 11) is -8.27. The maximum Gasteiger partial charge on any atom is 0.430 e. The van der Waals surface area contributed by atoms with Gasteiger partial charge in [-0.25, -0.2) is 39.5 Å². The van der Waals surface area contributed by atoms with Gasteiger partial charge in [-0.1, -0.05) is 30.3 Å². The van der Waals surface area contributed by atoms with E-state index in [1.165, 1.54) is 4.90 Å². The van der Waals surface area contributed by atoms with Crippen LogP contribution < -0.4 is 4.72 Å². The standard InChI is InChI=1S/C34H34F9N3O6S2/c1-30(44-53(2,48)49)14-17-45(18-15-30)29(47)46-19-16-31(21-46,54(50,51)25-12-10-24(35)11-13-25)22-6-8-23(9-7-22)32(33(38,39)40,34(41,42)43)52-20-26-27(36)4-3-5-28(26)37/h3-13,44H,14-21H2,1-2H3/t31-/m0/s1. The first-order chi connectivity index (χ1) is 24.9. The van der Waals surface area contributed by atoms with Gasteiger partial charge in [0.25, 0.3) is 5.60 Å². The van der Waals surface area contributed by atoms with Crippen LogP contribution in [0.4, 0.5) is 44.3 Å². The Labute approximate surface area is 305 Å². The molecule has 2 aliphatic rings. The number of ether oxygens (including phenoxy) is 1. The van der Waals surface area contributed by atoms with Crippen LogP contribution in [0.3, 0.4) is 0 Å². The van der Waals surface area contributed by atoms with Crippen LogP contribution in [0, 0.1) is 17.5 Å². The molecule has 1 atom stereocenters. The van der Waals surface area contributed by atoms with Crippen molar-refractivity contribution in [1.82, 2.24) is 14.5 Å². The Morgan fingerprint density at radius 3 is 1.80 bits per heavy atom. The number of alkyl halides is 6. The number of carbonyl (C=O) groups is 1. The zero-order valence-corrected chi connectivity index (χ0v) is 30.2. The van der Waals surface area contributed by atoms with Gasteiger partial charge in [0.05, 0.1) is 17.8 Å². The Morgan fingerprint density at radius 2 is 1.30 bits per heavy atom. The Morgan fingerprint density at radius 1 is 0.778 bits per heavy atom. The number of sulfone groups is 1. The molecule has 9 nitrogen and oxygen atoms in total. The van der Waals surface area contributed by atoms with Crippen LogP contribution in [0.15, 0.2) is 71.6 Å². The van der Waals surface area contributed by atoms with Gasteiger partial charge in [-0.05, 0) is 68.1 Å². The third-order valence-corrected chi connectivity index (χ3v) is 13.2. The van der Waals surface area contributed by atoms with E-state index in [2.05, 4.69) is 9.46 Å². The molecule has 2 saturated heterocycles. The normalized spacial score (nSPS) is 20.0. The van der Waals surface area contributed by atoms with Crippen LogP contribution in [0.5, 0.6) is 0 Å². The first-order valence-electron chi connectivity index (χ1n) is 16.2. The van der Waals surface area contributed by atoms with E-state index in [4.69, 9.17) is 0 Å². The summed E-state index contributed by atoms with van der Waals surface area (Å²) in [5.74, 6) is -3.72. The molecule has 0 radical (unpaired) electrons. The molecule has 20 heteroatoms. The molecule has 2 heterocycles. The molecule has 0 aliphatic carbocycles. The predicted octanol–water partition coefficient (Wildman–Crippen LogP) is 6.54. The number of halogens is 9. The molecule has 0 aromatic heterocycles. The third-order valence-electron chi connectivity index (χ3n) is 9.82. The highest BCUT2D eigenvalue weighted by Crippen LogP contribution is 2.54. The van der Waals surface area contributed by atoms with E-state index in [-0.39, 0.29) is 44.5 Å². The van der Waals surface area contributed by atoms with Gasteiger partial charge in [-0.3, -0.25) is 0 Å². The Bertz CT molecular complexity index is 2050. The molecular formula is C34H34F9N3O6S2. The number of amides is 2. The van der Waals surface area contributed by atoms with Crippen LogP contribution >= 0.6 is 0 Å². The number of piperidine rings is 1. The molecule has 2 amide bonds. The van der Waals surface area contributed by atoms with Gasteiger partial charge >= 0.3 is 18.4 Å². The molecule has 3 aromatic rings. The zero-order valence-electron chi connectivity index (χ0n) is 28.6. The lowest BCUT2D eigenvalue weighted by Crippen LogP contribution is -2.56. The fourth-order valence-corrected chi connectivity index (χ4v) is 10.1. The minimum absolute atomic E-state index is 0.0640. The smallest absolute Gasteiger partial charge is 0.349 e. The van der Waals surface area contributed by atoms with Gasteiger partial charge < -0.3 is 14.5 Å². The van der Waals surface area contributed by atoms with Crippen LogP contribution in [0.25, 0.3) is 0 Å². The van der Waals surface area contributed by atoms with Crippen LogP contribution in [-0.2, 0) is 41.6 Å². The molecule has 3 aromatic carbocycles. The van der Waals surface area contributed by atoms with Crippen molar-refractivity contribution < 1.29 is 65.9 Å². The van der Waals surface area contributed by atoms with Crippen molar-refractivity contribution in [2.45, 2.75) is 65.9 Å². The topological polar surface area (TPSA) is 113 Å². The number of carbonyl (C=O) groups excluding carboxylic acids is 1. The Balaban J connectivity index is 1.54. The summed E-state index contributed by atoms with van der Waals surface area (Å²) in [5, 5.41) is 0. The lowest BCUT2D eigenvalue weighted by molar-refractivity contribution is -0.392. The maximum atomic E-state index is 14.6. The Hall–Kier alpha value is -3.88. The first-order valence-corrected chi connectivity index (χ1v) is 19.6. The summed E-state index contributed by atoms with van der Waals surface area (Å²) in [5.41, 5.74) is -9.10. The highest BCUT2D eigenvalue weighted by Gasteiger charge is 2.73. The number of rotatable bonds is 9. The van der Waals surface area contributed by atoms with E-state index < -0.39 is 101 Å². The fourth-order valence-electron chi connectivity index (χ4n) is 6.93. The third kappa shape index (κ3) is 7.66. The average molecular weight is 816 g/mol. The molecule has 0 spiro atoms. The SMILES string of the molecule is CC1(NS(C)(=O)=O)CCN(C(=O)N2CC[C@](c3ccc(C(OCc4c(F)cccc4F)(C(F)(F)F)C(F)(F)F)cc3)(S(=O)(=O)c3ccc(F)cc3)C2)CC1. The van der Waals surface area contributed by atoms with Gasteiger partial charge in [0, 0.05) is 42.8 Å². The fraction of sp³-hybridized carbons (Fsp3) is 0.441. The van der Waals surface area contributed by atoms with E-state index in [1.54, 1.807) is 6.92 Å². The second kappa shape index (κ2) is 14.3. The molecule has 0 bridgehead atoms. The van der Waals surface area contributed by atoms with Crippen molar-refractivity contribution in [2.24, 2.45) is 0 Å². The molecular weight excluding hydrogens is 782 g/mol. The predicted molar refractivity (Wildman–Crippen MR) is 175 cm³/mol. The zero-order chi connectivity index (χ0) is 40.1. The first kappa shape index (κ1) is 41.3.